The van der Waals surface area contributed by atoms with Gasteiger partial charge < -0.3 is 5.11 Å². The Labute approximate surface area is 97.5 Å². The van der Waals surface area contributed by atoms with E-state index in [9.17, 15) is 5.11 Å². The monoisotopic (exact) mass is 222 g/mol. The SMILES string of the molecule is CCCn1nccc1C(O)C1CCCCC1. The van der Waals surface area contributed by atoms with Crippen molar-refractivity contribution in [1.82, 2.24) is 9.78 Å². The zero-order chi connectivity index (χ0) is 11.4. The molecule has 1 heterocycles. The first-order chi connectivity index (χ1) is 7.83. The van der Waals surface area contributed by atoms with Gasteiger partial charge in [0.1, 0.15) is 0 Å². The summed E-state index contributed by atoms with van der Waals surface area (Å²) in [5.74, 6) is 0.445. The van der Waals surface area contributed by atoms with Gasteiger partial charge in [-0.25, -0.2) is 0 Å². The Kier molecular flexibility index (Phi) is 3.99. The summed E-state index contributed by atoms with van der Waals surface area (Å²) in [5, 5.41) is 14.7. The van der Waals surface area contributed by atoms with E-state index in [1.165, 1.54) is 32.1 Å². The predicted octanol–water partition coefficient (Wildman–Crippen LogP) is 2.91. The normalized spacial score (nSPS) is 19.9. The third kappa shape index (κ3) is 2.46. The van der Waals surface area contributed by atoms with Crippen LogP contribution < -0.4 is 0 Å². The van der Waals surface area contributed by atoms with Gasteiger partial charge in [0.05, 0.1) is 11.8 Å². The molecule has 1 aromatic rings. The summed E-state index contributed by atoms with van der Waals surface area (Å²) in [4.78, 5) is 0. The second-order valence-corrected chi connectivity index (χ2v) is 4.82. The number of aliphatic hydroxyl groups excluding tert-OH is 1. The Morgan fingerprint density at radius 3 is 2.88 bits per heavy atom. The van der Waals surface area contributed by atoms with Crippen molar-refractivity contribution < 1.29 is 5.11 Å². The van der Waals surface area contributed by atoms with Crippen LogP contribution in [0.2, 0.25) is 0 Å². The molecule has 1 aliphatic rings. The van der Waals surface area contributed by atoms with E-state index < -0.39 is 0 Å². The first-order valence-electron chi connectivity index (χ1n) is 6.52. The van der Waals surface area contributed by atoms with Crippen molar-refractivity contribution in [3.63, 3.8) is 0 Å². The van der Waals surface area contributed by atoms with Crippen molar-refractivity contribution in [2.24, 2.45) is 5.92 Å². The highest BCUT2D eigenvalue weighted by atomic mass is 16.3. The molecule has 90 valence electrons. The Hall–Kier alpha value is -0.830. The van der Waals surface area contributed by atoms with Crippen LogP contribution in [0.4, 0.5) is 0 Å². The number of hydrogen-bond donors (Lipinski definition) is 1. The van der Waals surface area contributed by atoms with Gasteiger partial charge in [-0.3, -0.25) is 4.68 Å². The highest BCUT2D eigenvalue weighted by Gasteiger charge is 2.25. The van der Waals surface area contributed by atoms with Crippen LogP contribution >= 0.6 is 0 Å². The molecular weight excluding hydrogens is 200 g/mol. The van der Waals surface area contributed by atoms with E-state index in [0.29, 0.717) is 5.92 Å². The quantitative estimate of drug-likeness (QED) is 0.850. The Morgan fingerprint density at radius 1 is 1.44 bits per heavy atom. The molecule has 1 saturated carbocycles. The van der Waals surface area contributed by atoms with Gasteiger partial charge in [-0.2, -0.15) is 5.10 Å². The van der Waals surface area contributed by atoms with Crippen molar-refractivity contribution in [2.45, 2.75) is 58.1 Å². The van der Waals surface area contributed by atoms with Crippen molar-refractivity contribution in [2.75, 3.05) is 0 Å². The van der Waals surface area contributed by atoms with Crippen LogP contribution in [0.5, 0.6) is 0 Å². The molecule has 16 heavy (non-hydrogen) atoms. The molecule has 0 saturated heterocycles. The van der Waals surface area contributed by atoms with Gasteiger partial charge >= 0.3 is 0 Å². The van der Waals surface area contributed by atoms with Gasteiger partial charge in [0, 0.05) is 12.7 Å². The standard InChI is InChI=1S/C13H22N2O/c1-2-10-15-12(8-9-14-15)13(16)11-6-4-3-5-7-11/h8-9,11,13,16H,2-7,10H2,1H3. The lowest BCUT2D eigenvalue weighted by atomic mass is 9.84. The van der Waals surface area contributed by atoms with E-state index in [4.69, 9.17) is 0 Å². The van der Waals surface area contributed by atoms with E-state index in [-0.39, 0.29) is 6.10 Å². The summed E-state index contributed by atoms with van der Waals surface area (Å²) in [5.41, 5.74) is 1.01. The van der Waals surface area contributed by atoms with Crippen LogP contribution in [0.15, 0.2) is 12.3 Å². The minimum absolute atomic E-state index is 0.311. The minimum atomic E-state index is -0.311. The zero-order valence-corrected chi connectivity index (χ0v) is 10.1. The maximum absolute atomic E-state index is 10.4. The molecule has 1 atom stereocenters. The largest absolute Gasteiger partial charge is 0.387 e. The third-order valence-corrected chi connectivity index (χ3v) is 3.58. The molecule has 2 rings (SSSR count). The Morgan fingerprint density at radius 2 is 2.19 bits per heavy atom. The van der Waals surface area contributed by atoms with Crippen LogP contribution in [0, 0.1) is 5.92 Å². The average molecular weight is 222 g/mol. The molecule has 1 aromatic heterocycles. The van der Waals surface area contributed by atoms with Crippen LogP contribution in [-0.4, -0.2) is 14.9 Å². The van der Waals surface area contributed by atoms with Gasteiger partial charge in [0.2, 0.25) is 0 Å². The lowest BCUT2D eigenvalue weighted by molar-refractivity contribution is 0.0766. The first-order valence-corrected chi connectivity index (χ1v) is 6.52. The minimum Gasteiger partial charge on any atom is -0.387 e. The third-order valence-electron chi connectivity index (χ3n) is 3.58. The van der Waals surface area contributed by atoms with E-state index in [1.54, 1.807) is 6.20 Å². The number of rotatable bonds is 4. The fourth-order valence-electron chi connectivity index (χ4n) is 2.68. The maximum atomic E-state index is 10.4. The molecule has 0 amide bonds. The number of hydrogen-bond acceptors (Lipinski definition) is 2. The molecule has 1 N–H and O–H groups in total. The fraction of sp³-hybridized carbons (Fsp3) is 0.769. The molecule has 1 unspecified atom stereocenters. The number of aromatic nitrogens is 2. The molecule has 1 aliphatic carbocycles. The molecule has 1 fully saturated rings. The summed E-state index contributed by atoms with van der Waals surface area (Å²) in [6.07, 6.45) is 8.75. The lowest BCUT2D eigenvalue weighted by Crippen LogP contribution is -2.19. The molecular formula is C13H22N2O. The molecule has 0 aromatic carbocycles. The molecule has 3 heteroatoms. The number of aliphatic hydroxyl groups is 1. The predicted molar refractivity (Wildman–Crippen MR) is 64.1 cm³/mol. The summed E-state index contributed by atoms with van der Waals surface area (Å²) in [6.45, 7) is 3.05. The molecule has 0 bridgehead atoms. The van der Waals surface area contributed by atoms with Crippen LogP contribution in [0.1, 0.15) is 57.2 Å². The fourth-order valence-corrected chi connectivity index (χ4v) is 2.68. The second-order valence-electron chi connectivity index (χ2n) is 4.82. The molecule has 0 radical (unpaired) electrons. The highest BCUT2D eigenvalue weighted by Crippen LogP contribution is 2.34. The highest BCUT2D eigenvalue weighted by molar-refractivity contribution is 5.06. The smallest absolute Gasteiger partial charge is 0.0984 e. The summed E-state index contributed by atoms with van der Waals surface area (Å²) in [7, 11) is 0. The van der Waals surface area contributed by atoms with Gasteiger partial charge in [0.15, 0.2) is 0 Å². The van der Waals surface area contributed by atoms with Crippen molar-refractivity contribution in [3.05, 3.63) is 18.0 Å². The van der Waals surface area contributed by atoms with Crippen molar-refractivity contribution in [3.8, 4) is 0 Å². The van der Waals surface area contributed by atoms with Crippen LogP contribution in [0.25, 0.3) is 0 Å². The average Bonchev–Trinajstić information content (AvgIpc) is 2.78. The van der Waals surface area contributed by atoms with E-state index >= 15 is 0 Å². The number of aryl methyl sites for hydroxylation is 1. The molecule has 3 nitrogen and oxygen atoms in total. The van der Waals surface area contributed by atoms with Crippen LogP contribution in [-0.2, 0) is 6.54 Å². The van der Waals surface area contributed by atoms with Gasteiger partial charge in [-0.1, -0.05) is 26.2 Å². The van der Waals surface area contributed by atoms with E-state index in [1.807, 2.05) is 10.7 Å². The van der Waals surface area contributed by atoms with Crippen molar-refractivity contribution >= 4 is 0 Å². The zero-order valence-electron chi connectivity index (χ0n) is 10.1. The van der Waals surface area contributed by atoms with Gasteiger partial charge in [-0.05, 0) is 31.2 Å². The van der Waals surface area contributed by atoms with Gasteiger partial charge in [0.25, 0.3) is 0 Å². The summed E-state index contributed by atoms with van der Waals surface area (Å²) in [6, 6.07) is 1.97. The Balaban J connectivity index is 2.06. The van der Waals surface area contributed by atoms with Crippen molar-refractivity contribution in [1.29, 1.82) is 0 Å². The maximum Gasteiger partial charge on any atom is 0.0984 e. The molecule has 0 spiro atoms. The number of nitrogens with zero attached hydrogens (tertiary/aromatic N) is 2. The van der Waals surface area contributed by atoms with Crippen LogP contribution in [0.3, 0.4) is 0 Å². The summed E-state index contributed by atoms with van der Waals surface area (Å²) < 4.78 is 1.96. The first kappa shape index (κ1) is 11.6. The topological polar surface area (TPSA) is 38.0 Å². The van der Waals surface area contributed by atoms with Gasteiger partial charge in [-0.15, -0.1) is 0 Å². The Bertz CT molecular complexity index is 315. The summed E-state index contributed by atoms with van der Waals surface area (Å²) >= 11 is 0. The van der Waals surface area contributed by atoms with E-state index in [2.05, 4.69) is 12.0 Å². The lowest BCUT2D eigenvalue weighted by Gasteiger charge is -2.26. The van der Waals surface area contributed by atoms with E-state index in [0.717, 1.165) is 18.7 Å². The second kappa shape index (κ2) is 5.48. The molecule has 0 aliphatic heterocycles.